The van der Waals surface area contributed by atoms with Crippen LogP contribution in [0.4, 0.5) is 5.69 Å². The van der Waals surface area contributed by atoms with E-state index in [2.05, 4.69) is 10.1 Å². The summed E-state index contributed by atoms with van der Waals surface area (Å²) in [7, 11) is 1.36. The number of benzene rings is 1. The Morgan fingerprint density at radius 2 is 1.95 bits per heavy atom. The molecule has 0 saturated heterocycles. The van der Waals surface area contributed by atoms with E-state index in [0.717, 1.165) is 24.1 Å². The second kappa shape index (κ2) is 7.25. The lowest BCUT2D eigenvalue weighted by molar-refractivity contribution is -0.117. The molecule has 1 saturated carbocycles. The third kappa shape index (κ3) is 4.31. The van der Waals surface area contributed by atoms with Crippen molar-refractivity contribution in [1.82, 2.24) is 0 Å². The number of anilines is 1. The summed E-state index contributed by atoms with van der Waals surface area (Å²) >= 11 is 0. The van der Waals surface area contributed by atoms with Crippen LogP contribution in [0.15, 0.2) is 18.2 Å². The predicted octanol–water partition coefficient (Wildman–Crippen LogP) is 3.69. The molecule has 0 aliphatic heterocycles. The van der Waals surface area contributed by atoms with E-state index in [1.54, 1.807) is 18.2 Å². The molecule has 0 atom stereocenters. The number of rotatable bonds is 4. The first-order chi connectivity index (χ1) is 10.1. The number of aryl methyl sites for hydroxylation is 1. The Morgan fingerprint density at radius 3 is 2.57 bits per heavy atom. The quantitative estimate of drug-likeness (QED) is 0.860. The zero-order valence-electron chi connectivity index (χ0n) is 12.8. The fourth-order valence-electron chi connectivity index (χ4n) is 2.90. The van der Waals surface area contributed by atoms with E-state index in [4.69, 9.17) is 0 Å². The molecule has 0 unspecified atom stereocenters. The summed E-state index contributed by atoms with van der Waals surface area (Å²) in [6.45, 7) is 1.88. The summed E-state index contributed by atoms with van der Waals surface area (Å²) in [5.41, 5.74) is 2.14. The van der Waals surface area contributed by atoms with E-state index in [1.807, 2.05) is 6.92 Å². The maximum absolute atomic E-state index is 12.1. The van der Waals surface area contributed by atoms with Gasteiger partial charge in [-0.2, -0.15) is 0 Å². The van der Waals surface area contributed by atoms with Gasteiger partial charge in [-0.25, -0.2) is 4.79 Å². The summed E-state index contributed by atoms with van der Waals surface area (Å²) in [4.78, 5) is 23.6. The van der Waals surface area contributed by atoms with Gasteiger partial charge in [0, 0.05) is 12.1 Å². The van der Waals surface area contributed by atoms with E-state index in [1.165, 1.54) is 26.4 Å². The first-order valence-electron chi connectivity index (χ1n) is 7.59. The van der Waals surface area contributed by atoms with Crippen LogP contribution in [0.3, 0.4) is 0 Å². The smallest absolute Gasteiger partial charge is 0.337 e. The highest BCUT2D eigenvalue weighted by molar-refractivity contribution is 5.94. The fraction of sp³-hybridized carbons (Fsp3) is 0.529. The molecule has 0 aromatic heterocycles. The van der Waals surface area contributed by atoms with Crippen LogP contribution in [0.2, 0.25) is 0 Å². The van der Waals surface area contributed by atoms with Gasteiger partial charge < -0.3 is 10.1 Å². The summed E-state index contributed by atoms with van der Waals surface area (Å²) in [6.07, 6.45) is 6.70. The van der Waals surface area contributed by atoms with Gasteiger partial charge in [-0.1, -0.05) is 19.3 Å². The van der Waals surface area contributed by atoms with Gasteiger partial charge in [0.05, 0.1) is 12.7 Å². The molecule has 1 N–H and O–H groups in total. The number of esters is 1. The molecule has 114 valence electrons. The van der Waals surface area contributed by atoms with Crippen molar-refractivity contribution >= 4 is 17.6 Å². The zero-order chi connectivity index (χ0) is 15.2. The van der Waals surface area contributed by atoms with E-state index >= 15 is 0 Å². The molecule has 1 aliphatic rings. The Morgan fingerprint density at radius 1 is 1.24 bits per heavy atom. The topological polar surface area (TPSA) is 55.4 Å². The van der Waals surface area contributed by atoms with Crippen molar-refractivity contribution in [2.45, 2.75) is 45.4 Å². The van der Waals surface area contributed by atoms with Gasteiger partial charge in [0.15, 0.2) is 0 Å². The first-order valence-corrected chi connectivity index (χ1v) is 7.59. The average Bonchev–Trinajstić information content (AvgIpc) is 2.49. The summed E-state index contributed by atoms with van der Waals surface area (Å²) in [5.74, 6) is 0.224. The van der Waals surface area contributed by atoms with Crippen LogP contribution < -0.4 is 5.32 Å². The molecule has 0 bridgehead atoms. The van der Waals surface area contributed by atoms with E-state index in [9.17, 15) is 9.59 Å². The van der Waals surface area contributed by atoms with Gasteiger partial charge in [0.1, 0.15) is 0 Å². The number of nitrogens with one attached hydrogen (secondary N) is 1. The van der Waals surface area contributed by atoms with E-state index < -0.39 is 0 Å². The number of carbonyl (C=O) groups excluding carboxylic acids is 2. The molecule has 0 spiro atoms. The number of carbonyl (C=O) groups is 2. The average molecular weight is 289 g/mol. The third-order valence-electron chi connectivity index (χ3n) is 4.12. The van der Waals surface area contributed by atoms with Crippen molar-refractivity contribution in [1.29, 1.82) is 0 Å². The normalized spacial score (nSPS) is 15.5. The van der Waals surface area contributed by atoms with Crippen molar-refractivity contribution in [3.63, 3.8) is 0 Å². The molecule has 4 heteroatoms. The summed E-state index contributed by atoms with van der Waals surface area (Å²) in [6, 6.07) is 5.18. The molecular formula is C17H23NO3. The molecule has 0 heterocycles. The molecule has 1 aromatic rings. The Balaban J connectivity index is 1.95. The van der Waals surface area contributed by atoms with Gasteiger partial charge in [-0.15, -0.1) is 0 Å². The minimum Gasteiger partial charge on any atom is -0.465 e. The predicted molar refractivity (Wildman–Crippen MR) is 82.3 cm³/mol. The zero-order valence-corrected chi connectivity index (χ0v) is 12.8. The Hall–Kier alpha value is -1.84. The van der Waals surface area contributed by atoms with Gasteiger partial charge in [-0.3, -0.25) is 4.79 Å². The number of methoxy groups -OCH3 is 1. The van der Waals surface area contributed by atoms with Crippen molar-refractivity contribution in [3.05, 3.63) is 29.3 Å². The molecule has 1 fully saturated rings. The van der Waals surface area contributed by atoms with Crippen LogP contribution in [0.1, 0.15) is 54.4 Å². The van der Waals surface area contributed by atoms with Crippen LogP contribution in [-0.2, 0) is 9.53 Å². The summed E-state index contributed by atoms with van der Waals surface area (Å²) in [5, 5.41) is 2.95. The van der Waals surface area contributed by atoms with Gasteiger partial charge in [0.2, 0.25) is 5.91 Å². The van der Waals surface area contributed by atoms with E-state index in [0.29, 0.717) is 17.9 Å². The lowest BCUT2D eigenvalue weighted by Gasteiger charge is -2.21. The van der Waals surface area contributed by atoms with Crippen molar-refractivity contribution in [2.75, 3.05) is 12.4 Å². The lowest BCUT2D eigenvalue weighted by atomic mass is 9.87. The molecule has 1 amide bonds. The molecule has 1 aromatic carbocycles. The van der Waals surface area contributed by atoms with Crippen LogP contribution in [0.5, 0.6) is 0 Å². The highest BCUT2D eigenvalue weighted by atomic mass is 16.5. The monoisotopic (exact) mass is 289 g/mol. The molecule has 0 radical (unpaired) electrons. The summed E-state index contributed by atoms with van der Waals surface area (Å²) < 4.78 is 4.69. The molecule has 4 nitrogen and oxygen atoms in total. The second-order valence-electron chi connectivity index (χ2n) is 5.78. The Labute approximate surface area is 125 Å². The number of hydrogen-bond acceptors (Lipinski definition) is 3. The minimum atomic E-state index is -0.363. The van der Waals surface area contributed by atoms with Crippen molar-refractivity contribution in [3.8, 4) is 0 Å². The number of amides is 1. The van der Waals surface area contributed by atoms with Crippen LogP contribution in [0, 0.1) is 12.8 Å². The highest BCUT2D eigenvalue weighted by Crippen LogP contribution is 2.27. The standard InChI is InChI=1S/C17H23NO3/c1-12-10-14(17(20)21-2)8-9-15(12)18-16(19)11-13-6-4-3-5-7-13/h8-10,13H,3-7,11H2,1-2H3,(H,18,19). The highest BCUT2D eigenvalue weighted by Gasteiger charge is 2.17. The van der Waals surface area contributed by atoms with Crippen molar-refractivity contribution < 1.29 is 14.3 Å². The maximum atomic E-state index is 12.1. The van der Waals surface area contributed by atoms with Gasteiger partial charge in [-0.05, 0) is 49.4 Å². The second-order valence-corrected chi connectivity index (χ2v) is 5.78. The number of ether oxygens (including phenoxy) is 1. The van der Waals surface area contributed by atoms with Gasteiger partial charge >= 0.3 is 5.97 Å². The van der Waals surface area contributed by atoms with Gasteiger partial charge in [0.25, 0.3) is 0 Å². The SMILES string of the molecule is COC(=O)c1ccc(NC(=O)CC2CCCCC2)c(C)c1. The molecule has 1 aliphatic carbocycles. The molecule has 2 rings (SSSR count). The first kappa shape index (κ1) is 15.5. The lowest BCUT2D eigenvalue weighted by Crippen LogP contribution is -2.18. The van der Waals surface area contributed by atoms with Crippen LogP contribution in [-0.4, -0.2) is 19.0 Å². The van der Waals surface area contributed by atoms with Crippen molar-refractivity contribution in [2.24, 2.45) is 5.92 Å². The maximum Gasteiger partial charge on any atom is 0.337 e. The molecule has 21 heavy (non-hydrogen) atoms. The minimum absolute atomic E-state index is 0.0656. The largest absolute Gasteiger partial charge is 0.465 e. The van der Waals surface area contributed by atoms with Crippen LogP contribution >= 0.6 is 0 Å². The Bertz CT molecular complexity index is 519. The molecular weight excluding hydrogens is 266 g/mol. The Kier molecular flexibility index (Phi) is 5.37. The number of hydrogen-bond donors (Lipinski definition) is 1. The fourth-order valence-corrected chi connectivity index (χ4v) is 2.90. The third-order valence-corrected chi connectivity index (χ3v) is 4.12. The van der Waals surface area contributed by atoms with E-state index in [-0.39, 0.29) is 11.9 Å². The van der Waals surface area contributed by atoms with Crippen LogP contribution in [0.25, 0.3) is 0 Å².